The van der Waals surface area contributed by atoms with Gasteiger partial charge in [-0.1, -0.05) is 66.7 Å². The monoisotopic (exact) mass is 1000 g/mol. The molecule has 6 rings (SSSR count). The molecular formula is C52H68N14O7. The van der Waals surface area contributed by atoms with Crippen molar-refractivity contribution in [1.82, 2.24) is 51.8 Å². The molecule has 73 heavy (non-hydrogen) atoms. The molecule has 6 aromatic rings. The highest BCUT2D eigenvalue weighted by atomic mass is 16.2. The van der Waals surface area contributed by atoms with Gasteiger partial charge in [0.05, 0.1) is 12.4 Å². The van der Waals surface area contributed by atoms with Crippen molar-refractivity contribution in [3.63, 3.8) is 0 Å². The summed E-state index contributed by atoms with van der Waals surface area (Å²) in [6.07, 6.45) is 8.71. The molecular weight excluding hydrogens is 933 g/mol. The van der Waals surface area contributed by atoms with Crippen LogP contribution in [0.2, 0.25) is 0 Å². The number of para-hydroxylation sites is 2. The zero-order chi connectivity index (χ0) is 52.3. The first-order valence-corrected chi connectivity index (χ1v) is 24.6. The number of H-pyrrole nitrogens is 3. The van der Waals surface area contributed by atoms with E-state index >= 15 is 0 Å². The number of unbranched alkanes of at least 4 members (excludes halogenated alkanes) is 2. The molecule has 0 unspecified atom stereocenters. The first kappa shape index (κ1) is 54.5. The number of nitrogens with zero attached hydrogens (tertiary/aromatic N) is 1. The molecule has 3 heterocycles. The Kier molecular flexibility index (Phi) is 20.2. The molecule has 388 valence electrons. The fourth-order valence-corrected chi connectivity index (χ4v) is 8.55. The quantitative estimate of drug-likeness (QED) is 0.0289. The summed E-state index contributed by atoms with van der Waals surface area (Å²) in [4.78, 5) is 111. The topological polar surface area (TPSA) is 356 Å². The van der Waals surface area contributed by atoms with E-state index in [1.165, 1.54) is 19.4 Å². The maximum atomic E-state index is 14.8. The van der Waals surface area contributed by atoms with Gasteiger partial charge in [0.1, 0.15) is 36.3 Å². The molecule has 0 aliphatic rings. The van der Waals surface area contributed by atoms with Gasteiger partial charge in [0, 0.05) is 71.8 Å². The fourth-order valence-electron chi connectivity index (χ4n) is 8.55. The maximum absolute atomic E-state index is 14.8. The second kappa shape index (κ2) is 27.1. The van der Waals surface area contributed by atoms with Crippen LogP contribution in [0.5, 0.6) is 0 Å². The molecule has 17 N–H and O–H groups in total. The average molecular weight is 1000 g/mol. The van der Waals surface area contributed by atoms with Crippen molar-refractivity contribution in [3.8, 4) is 0 Å². The van der Waals surface area contributed by atoms with Crippen molar-refractivity contribution in [2.24, 2.45) is 22.9 Å². The SMILES string of the molecule is C[C@H](N)C(=O)N[C@@H](Cc1cnc[nH]1)C(=O)N[C@H](Cc1c[nH]c2ccccc12)C(=O)N[C@H](CCCCN)C(=O)N[C@@H](Cc1c[nH]c2ccccc12)C(=O)N[C@H](Cc1ccccc1)C(=O)N[C@@H](CCCCN)C(N)=O. The summed E-state index contributed by atoms with van der Waals surface area (Å²) in [5.74, 6) is -4.87. The molecule has 7 amide bonds. The van der Waals surface area contributed by atoms with Crippen molar-refractivity contribution in [2.75, 3.05) is 13.1 Å². The molecule has 0 saturated heterocycles. The number of fused-ring (bicyclic) bond motifs is 2. The summed E-state index contributed by atoms with van der Waals surface area (Å²) in [5.41, 5.74) is 27.3. The van der Waals surface area contributed by atoms with E-state index in [4.69, 9.17) is 22.9 Å². The number of benzene rings is 3. The zero-order valence-electron chi connectivity index (χ0n) is 41.0. The van der Waals surface area contributed by atoms with Gasteiger partial charge >= 0.3 is 0 Å². The van der Waals surface area contributed by atoms with Gasteiger partial charge in [-0.2, -0.15) is 0 Å². The Morgan fingerprint density at radius 2 is 0.932 bits per heavy atom. The second-order valence-corrected chi connectivity index (χ2v) is 18.2. The lowest BCUT2D eigenvalue weighted by Crippen LogP contribution is -2.60. The summed E-state index contributed by atoms with van der Waals surface area (Å²) >= 11 is 0. The Labute approximate surface area is 422 Å². The largest absolute Gasteiger partial charge is 0.368 e. The van der Waals surface area contributed by atoms with E-state index < -0.39 is 83.6 Å². The predicted octanol–water partition coefficient (Wildman–Crippen LogP) is 0.642. The minimum atomic E-state index is -1.32. The van der Waals surface area contributed by atoms with Crippen LogP contribution in [0.4, 0.5) is 0 Å². The van der Waals surface area contributed by atoms with Crippen LogP contribution in [-0.4, -0.2) is 117 Å². The maximum Gasteiger partial charge on any atom is 0.243 e. The summed E-state index contributed by atoms with van der Waals surface area (Å²) in [5, 5.41) is 18.4. The molecule has 0 radical (unpaired) electrons. The number of carbonyl (C=O) groups is 7. The zero-order valence-corrected chi connectivity index (χ0v) is 41.0. The smallest absolute Gasteiger partial charge is 0.243 e. The fraction of sp³-hybridized carbons (Fsp3) is 0.385. The van der Waals surface area contributed by atoms with Crippen LogP contribution in [-0.2, 0) is 59.2 Å². The van der Waals surface area contributed by atoms with E-state index in [0.717, 1.165) is 21.8 Å². The first-order valence-electron chi connectivity index (χ1n) is 24.6. The van der Waals surface area contributed by atoms with Crippen molar-refractivity contribution in [3.05, 3.63) is 126 Å². The Morgan fingerprint density at radius 3 is 1.41 bits per heavy atom. The molecule has 0 spiro atoms. The highest BCUT2D eigenvalue weighted by Gasteiger charge is 2.34. The van der Waals surface area contributed by atoms with Crippen LogP contribution in [0.1, 0.15) is 67.8 Å². The lowest BCUT2D eigenvalue weighted by Gasteiger charge is -2.28. The molecule has 0 aliphatic heterocycles. The average Bonchev–Trinajstić information content (AvgIpc) is 4.16. The highest BCUT2D eigenvalue weighted by Crippen LogP contribution is 2.22. The van der Waals surface area contributed by atoms with Gasteiger partial charge in [0.15, 0.2) is 0 Å². The number of hydrogen-bond acceptors (Lipinski definition) is 11. The molecule has 3 aromatic heterocycles. The number of nitrogens with one attached hydrogen (secondary N) is 9. The van der Waals surface area contributed by atoms with Crippen LogP contribution in [0, 0.1) is 0 Å². The van der Waals surface area contributed by atoms with Crippen LogP contribution in [0.25, 0.3) is 21.8 Å². The third-order valence-electron chi connectivity index (χ3n) is 12.6. The minimum absolute atomic E-state index is 0.00982. The molecule has 0 bridgehead atoms. The number of aromatic amines is 3. The normalized spacial score (nSPS) is 14.2. The van der Waals surface area contributed by atoms with Crippen LogP contribution in [0.15, 0.2) is 104 Å². The van der Waals surface area contributed by atoms with Crippen LogP contribution >= 0.6 is 0 Å². The second-order valence-electron chi connectivity index (χ2n) is 18.2. The molecule has 3 aromatic carbocycles. The van der Waals surface area contributed by atoms with Gasteiger partial charge in [0.25, 0.3) is 0 Å². The Bertz CT molecular complexity index is 2780. The van der Waals surface area contributed by atoms with Crippen molar-refractivity contribution in [1.29, 1.82) is 0 Å². The van der Waals surface area contributed by atoms with Gasteiger partial charge in [-0.3, -0.25) is 33.6 Å². The van der Waals surface area contributed by atoms with Gasteiger partial charge < -0.3 is 69.8 Å². The predicted molar refractivity (Wildman–Crippen MR) is 277 cm³/mol. The lowest BCUT2D eigenvalue weighted by atomic mass is 10.00. The van der Waals surface area contributed by atoms with E-state index in [0.29, 0.717) is 61.2 Å². The van der Waals surface area contributed by atoms with E-state index in [1.807, 2.05) is 54.6 Å². The summed E-state index contributed by atoms with van der Waals surface area (Å²) < 4.78 is 0. The number of aromatic nitrogens is 4. The number of amides is 7. The Morgan fingerprint density at radius 1 is 0.507 bits per heavy atom. The highest BCUT2D eigenvalue weighted by molar-refractivity contribution is 5.98. The molecule has 21 nitrogen and oxygen atoms in total. The Balaban J connectivity index is 1.30. The number of primary amides is 1. The first-order chi connectivity index (χ1) is 35.2. The van der Waals surface area contributed by atoms with Crippen molar-refractivity contribution >= 4 is 63.2 Å². The van der Waals surface area contributed by atoms with Gasteiger partial charge in [-0.25, -0.2) is 4.98 Å². The molecule has 21 heteroatoms. The van der Waals surface area contributed by atoms with Crippen LogP contribution in [0.3, 0.4) is 0 Å². The molecule has 0 saturated carbocycles. The van der Waals surface area contributed by atoms with Gasteiger partial charge in [0.2, 0.25) is 41.4 Å². The third-order valence-corrected chi connectivity index (χ3v) is 12.6. The van der Waals surface area contributed by atoms with Crippen molar-refractivity contribution < 1.29 is 33.6 Å². The van der Waals surface area contributed by atoms with Gasteiger partial charge in [-0.05, 0) is 87.4 Å². The lowest BCUT2D eigenvalue weighted by molar-refractivity contribution is -0.135. The summed E-state index contributed by atoms with van der Waals surface area (Å²) in [6.45, 7) is 2.16. The summed E-state index contributed by atoms with van der Waals surface area (Å²) in [7, 11) is 0. The molecule has 0 fully saturated rings. The number of carbonyl (C=O) groups excluding carboxylic acids is 7. The standard InChI is InChI=1S/C52H68N14O7/c1-31(55)47(68)63-45(26-35-29-57-30-60-35)52(73)66-43(24-33-27-58-38-17-7-5-15-36(33)38)50(71)62-41(20-10-12-22-54)48(69)65-44(25-34-28-59-39-18-8-6-16-37(34)39)51(72)64-42(23-32-13-3-2-4-14-32)49(70)61-40(46(56)67)19-9-11-21-53/h2-8,13-18,27-31,40-45,58-59H,9-12,19-26,53-55H2,1H3,(H2,56,67)(H,57,60)(H,61,70)(H,62,71)(H,63,68)(H,64,72)(H,65,69)(H,66,73)/t31-,40-,41+,42+,43+,44-,45-/m0/s1. The van der Waals surface area contributed by atoms with E-state index in [2.05, 4.69) is 51.8 Å². The number of hydrogen-bond donors (Lipinski definition) is 13. The number of nitrogens with two attached hydrogens (primary N) is 4. The molecule has 0 aliphatic carbocycles. The minimum Gasteiger partial charge on any atom is -0.368 e. The number of rotatable bonds is 29. The number of imidazole rings is 1. The van der Waals surface area contributed by atoms with Crippen LogP contribution < -0.4 is 54.8 Å². The summed E-state index contributed by atoms with van der Waals surface area (Å²) in [6, 6.07) is 15.6. The van der Waals surface area contributed by atoms with Crippen molar-refractivity contribution in [2.45, 2.75) is 113 Å². The van der Waals surface area contributed by atoms with E-state index in [1.54, 1.807) is 36.7 Å². The Hall–Kier alpha value is -7.88. The third kappa shape index (κ3) is 15.8. The van der Waals surface area contributed by atoms with E-state index in [-0.39, 0.29) is 38.5 Å². The van der Waals surface area contributed by atoms with E-state index in [9.17, 15) is 33.6 Å². The molecule has 7 atom stereocenters. The van der Waals surface area contributed by atoms with Gasteiger partial charge in [-0.15, -0.1) is 0 Å².